The van der Waals surface area contributed by atoms with Gasteiger partial charge in [-0.3, -0.25) is 4.90 Å². The minimum atomic E-state index is -4.72. The molecule has 0 spiro atoms. The van der Waals surface area contributed by atoms with Gasteiger partial charge in [-0.2, -0.15) is 0 Å². The summed E-state index contributed by atoms with van der Waals surface area (Å²) in [5, 5.41) is 3.32. The van der Waals surface area contributed by atoms with Crippen LogP contribution in [-0.2, 0) is 0 Å². The first-order valence-corrected chi connectivity index (χ1v) is 7.82. The van der Waals surface area contributed by atoms with Crippen LogP contribution in [-0.4, -0.2) is 37.4 Å². The molecule has 1 saturated carbocycles. The normalized spacial score (nSPS) is 19.8. The van der Waals surface area contributed by atoms with E-state index in [4.69, 9.17) is 11.6 Å². The maximum absolute atomic E-state index is 12.3. The Bertz CT molecular complexity index is 535. The molecule has 1 aliphatic heterocycles. The van der Waals surface area contributed by atoms with Crippen LogP contribution in [0.3, 0.4) is 0 Å². The maximum atomic E-state index is 12.3. The zero-order valence-electron chi connectivity index (χ0n) is 12.8. The van der Waals surface area contributed by atoms with Crippen LogP contribution in [0.1, 0.15) is 24.4 Å². The summed E-state index contributed by atoms with van der Waals surface area (Å²) in [4.78, 5) is 2.39. The molecular formula is C15H20Cl3F3N2O. The third-order valence-corrected chi connectivity index (χ3v) is 4.43. The fraction of sp³-hybridized carbons (Fsp3) is 0.600. The van der Waals surface area contributed by atoms with Gasteiger partial charge in [0.25, 0.3) is 0 Å². The molecule has 0 bridgehead atoms. The number of nitrogens with zero attached hydrogens (tertiary/aromatic N) is 1. The highest BCUT2D eigenvalue weighted by Crippen LogP contribution is 2.46. The van der Waals surface area contributed by atoms with E-state index in [1.165, 1.54) is 6.07 Å². The minimum Gasteiger partial charge on any atom is -0.404 e. The van der Waals surface area contributed by atoms with Gasteiger partial charge >= 0.3 is 6.36 Å². The van der Waals surface area contributed by atoms with Gasteiger partial charge in [-0.1, -0.05) is 17.7 Å². The van der Waals surface area contributed by atoms with Crippen molar-refractivity contribution in [2.75, 3.05) is 26.2 Å². The number of benzene rings is 1. The standard InChI is InChI=1S/C15H18ClF3N2O.2ClH/c16-12-9-11(3-4-13(12)22-15(17,18)19)14(10-1-2-10)21-7-5-20-6-8-21;;/h3-4,9-10,14,20H,1-2,5-8H2;2*1H/t14-;;/m0../s1. The Morgan fingerprint density at radius 1 is 1.17 bits per heavy atom. The lowest BCUT2D eigenvalue weighted by atomic mass is 9.99. The fourth-order valence-corrected chi connectivity index (χ4v) is 3.29. The lowest BCUT2D eigenvalue weighted by Gasteiger charge is -2.35. The maximum Gasteiger partial charge on any atom is 0.573 e. The van der Waals surface area contributed by atoms with Crippen LogP contribution in [0, 0.1) is 5.92 Å². The summed E-state index contributed by atoms with van der Waals surface area (Å²) >= 11 is 5.99. The molecule has 1 atom stereocenters. The molecule has 2 aliphatic rings. The van der Waals surface area contributed by atoms with Gasteiger partial charge in [0.1, 0.15) is 5.75 Å². The number of nitrogens with one attached hydrogen (secondary N) is 1. The fourth-order valence-electron chi connectivity index (χ4n) is 3.06. The van der Waals surface area contributed by atoms with Crippen LogP contribution >= 0.6 is 36.4 Å². The molecule has 9 heteroatoms. The SMILES string of the molecule is Cl.Cl.FC(F)(F)Oc1ccc([C@H](C2CC2)N2CCNCC2)cc1Cl. The van der Waals surface area contributed by atoms with Crippen molar-refractivity contribution in [2.45, 2.75) is 25.2 Å². The van der Waals surface area contributed by atoms with E-state index in [0.29, 0.717) is 5.92 Å². The molecule has 0 unspecified atom stereocenters. The molecule has 0 amide bonds. The van der Waals surface area contributed by atoms with Crippen LogP contribution in [0.5, 0.6) is 5.75 Å². The van der Waals surface area contributed by atoms with Crippen molar-refractivity contribution in [1.82, 2.24) is 10.2 Å². The molecule has 3 rings (SSSR count). The van der Waals surface area contributed by atoms with Crippen molar-refractivity contribution in [3.8, 4) is 5.75 Å². The first-order valence-electron chi connectivity index (χ1n) is 7.44. The van der Waals surface area contributed by atoms with Crippen LogP contribution in [0.4, 0.5) is 13.2 Å². The largest absolute Gasteiger partial charge is 0.573 e. The highest BCUT2D eigenvalue weighted by Gasteiger charge is 2.37. The third kappa shape index (κ3) is 5.56. The van der Waals surface area contributed by atoms with Crippen molar-refractivity contribution in [3.05, 3.63) is 28.8 Å². The summed E-state index contributed by atoms with van der Waals surface area (Å²) in [6.45, 7) is 3.76. The molecule has 1 aromatic rings. The third-order valence-electron chi connectivity index (χ3n) is 4.14. The molecule has 138 valence electrons. The van der Waals surface area contributed by atoms with Crippen LogP contribution in [0.25, 0.3) is 0 Å². The van der Waals surface area contributed by atoms with Gasteiger partial charge in [0.2, 0.25) is 0 Å². The zero-order valence-corrected chi connectivity index (χ0v) is 15.2. The van der Waals surface area contributed by atoms with E-state index in [1.54, 1.807) is 12.1 Å². The summed E-state index contributed by atoms with van der Waals surface area (Å²) in [7, 11) is 0. The Labute approximate surface area is 156 Å². The van der Waals surface area contributed by atoms with E-state index in [-0.39, 0.29) is 41.6 Å². The summed E-state index contributed by atoms with van der Waals surface area (Å²) in [5.74, 6) is 0.233. The summed E-state index contributed by atoms with van der Waals surface area (Å²) in [6.07, 6.45) is -2.40. The van der Waals surface area contributed by atoms with Gasteiger partial charge in [-0.05, 0) is 36.5 Å². The van der Waals surface area contributed by atoms with Crippen molar-refractivity contribution < 1.29 is 17.9 Å². The van der Waals surface area contributed by atoms with Crippen molar-refractivity contribution in [3.63, 3.8) is 0 Å². The summed E-state index contributed by atoms with van der Waals surface area (Å²) in [6, 6.07) is 4.88. The van der Waals surface area contributed by atoms with Gasteiger partial charge in [0.05, 0.1) is 5.02 Å². The average Bonchev–Trinajstić information content (AvgIpc) is 3.27. The Balaban J connectivity index is 0.00000144. The molecule has 0 radical (unpaired) electrons. The minimum absolute atomic E-state index is 0. The van der Waals surface area contributed by atoms with E-state index < -0.39 is 6.36 Å². The quantitative estimate of drug-likeness (QED) is 0.799. The lowest BCUT2D eigenvalue weighted by Crippen LogP contribution is -2.45. The first kappa shape index (κ1) is 21.6. The Morgan fingerprint density at radius 2 is 1.79 bits per heavy atom. The average molecular weight is 408 g/mol. The predicted octanol–water partition coefficient (Wildman–Crippen LogP) is 4.44. The Kier molecular flexibility index (Phi) is 7.94. The Hall–Kier alpha value is -0.400. The number of rotatable bonds is 4. The molecule has 24 heavy (non-hydrogen) atoms. The number of halogens is 6. The first-order chi connectivity index (χ1) is 10.4. The second kappa shape index (κ2) is 8.81. The topological polar surface area (TPSA) is 24.5 Å². The van der Waals surface area contributed by atoms with E-state index in [9.17, 15) is 13.2 Å². The molecule has 3 nitrogen and oxygen atoms in total. The van der Waals surface area contributed by atoms with Gasteiger partial charge in [0, 0.05) is 32.2 Å². The van der Waals surface area contributed by atoms with Crippen molar-refractivity contribution in [1.29, 1.82) is 0 Å². The molecule has 1 N–H and O–H groups in total. The second-order valence-corrected chi connectivity index (χ2v) is 6.21. The Morgan fingerprint density at radius 3 is 2.29 bits per heavy atom. The smallest absolute Gasteiger partial charge is 0.404 e. The van der Waals surface area contributed by atoms with Gasteiger partial charge in [0.15, 0.2) is 0 Å². The van der Waals surface area contributed by atoms with Crippen molar-refractivity contribution >= 4 is 36.4 Å². The molecule has 1 aromatic carbocycles. The van der Waals surface area contributed by atoms with Crippen molar-refractivity contribution in [2.24, 2.45) is 5.92 Å². The van der Waals surface area contributed by atoms with Gasteiger partial charge in [-0.25, -0.2) is 0 Å². The molecule has 1 aliphatic carbocycles. The number of hydrogen-bond donors (Lipinski definition) is 1. The van der Waals surface area contributed by atoms with E-state index in [2.05, 4.69) is 15.0 Å². The van der Waals surface area contributed by atoms with E-state index in [0.717, 1.165) is 44.6 Å². The highest BCUT2D eigenvalue weighted by molar-refractivity contribution is 6.32. The van der Waals surface area contributed by atoms with Crippen LogP contribution in [0.2, 0.25) is 5.02 Å². The van der Waals surface area contributed by atoms with Gasteiger partial charge < -0.3 is 10.1 Å². The number of alkyl halides is 3. The molecular weight excluding hydrogens is 388 g/mol. The lowest BCUT2D eigenvalue weighted by molar-refractivity contribution is -0.274. The highest BCUT2D eigenvalue weighted by atomic mass is 35.5. The number of piperazine rings is 1. The molecule has 2 fully saturated rings. The molecule has 1 saturated heterocycles. The monoisotopic (exact) mass is 406 g/mol. The number of hydrogen-bond acceptors (Lipinski definition) is 3. The second-order valence-electron chi connectivity index (χ2n) is 5.81. The van der Waals surface area contributed by atoms with Crippen LogP contribution in [0.15, 0.2) is 18.2 Å². The zero-order chi connectivity index (χ0) is 15.7. The van der Waals surface area contributed by atoms with Crippen LogP contribution < -0.4 is 10.1 Å². The predicted molar refractivity (Wildman–Crippen MR) is 92.5 cm³/mol. The van der Waals surface area contributed by atoms with Gasteiger partial charge in [-0.15, -0.1) is 38.0 Å². The van der Waals surface area contributed by atoms with E-state index in [1.807, 2.05) is 0 Å². The summed E-state index contributed by atoms with van der Waals surface area (Å²) in [5.41, 5.74) is 0.976. The molecule has 1 heterocycles. The molecule has 0 aromatic heterocycles. The number of ether oxygens (including phenoxy) is 1. The van der Waals surface area contributed by atoms with E-state index >= 15 is 0 Å². The summed E-state index contributed by atoms with van der Waals surface area (Å²) < 4.78 is 40.9.